The Labute approximate surface area is 172 Å². The minimum atomic E-state index is -1.67. The molecule has 0 radical (unpaired) electrons. The van der Waals surface area contributed by atoms with E-state index < -0.39 is 54.6 Å². The molecular weight excluding hydrogens is 396 g/mol. The molecule has 1 aliphatic heterocycles. The van der Waals surface area contributed by atoms with Gasteiger partial charge < -0.3 is 40.1 Å². The molecule has 0 aliphatic carbocycles. The van der Waals surface area contributed by atoms with E-state index in [4.69, 9.17) is 9.47 Å². The summed E-state index contributed by atoms with van der Waals surface area (Å²) in [7, 11) is 0. The molecule has 3 rings (SSSR count). The molecule has 0 aromatic heterocycles. The predicted octanol–water partition coefficient (Wildman–Crippen LogP) is 0.124. The van der Waals surface area contributed by atoms with Gasteiger partial charge in [0.2, 0.25) is 12.1 Å². The van der Waals surface area contributed by atoms with Crippen LogP contribution in [0.25, 0.3) is 0 Å². The van der Waals surface area contributed by atoms with E-state index in [9.17, 15) is 35.4 Å². The normalized spacial score (nSPS) is 26.4. The number of phenols is 2. The van der Waals surface area contributed by atoms with Crippen LogP contribution in [0.3, 0.4) is 0 Å². The lowest BCUT2D eigenvalue weighted by molar-refractivity contribution is -0.277. The van der Waals surface area contributed by atoms with Gasteiger partial charge in [-0.15, -0.1) is 0 Å². The highest BCUT2D eigenvalue weighted by Crippen LogP contribution is 2.43. The molecule has 162 valence electrons. The fourth-order valence-corrected chi connectivity index (χ4v) is 3.39. The highest BCUT2D eigenvalue weighted by molar-refractivity contribution is 6.13. The smallest absolute Gasteiger partial charge is 0.229 e. The summed E-state index contributed by atoms with van der Waals surface area (Å²) >= 11 is 0. The Hall–Kier alpha value is -2.69. The maximum absolute atomic E-state index is 12.8. The molecule has 0 saturated carbocycles. The maximum atomic E-state index is 12.8. The van der Waals surface area contributed by atoms with Crippen molar-refractivity contribution in [2.24, 2.45) is 0 Å². The number of ketones is 1. The summed E-state index contributed by atoms with van der Waals surface area (Å²) in [4.78, 5) is 12.8. The zero-order chi connectivity index (χ0) is 22.2. The molecule has 1 fully saturated rings. The van der Waals surface area contributed by atoms with Crippen molar-refractivity contribution >= 4 is 5.78 Å². The van der Waals surface area contributed by atoms with Crippen LogP contribution in [-0.4, -0.2) is 73.7 Å². The molecule has 0 spiro atoms. The van der Waals surface area contributed by atoms with Crippen LogP contribution >= 0.6 is 0 Å². The number of aromatic hydroxyl groups is 2. The van der Waals surface area contributed by atoms with E-state index in [0.29, 0.717) is 0 Å². The molecule has 9 heteroatoms. The fourth-order valence-electron chi connectivity index (χ4n) is 3.39. The average molecular weight is 420 g/mol. The van der Waals surface area contributed by atoms with Crippen molar-refractivity contribution in [1.82, 2.24) is 0 Å². The molecule has 1 aliphatic rings. The second-order valence-corrected chi connectivity index (χ2v) is 7.16. The first kappa shape index (κ1) is 22.0. The summed E-state index contributed by atoms with van der Waals surface area (Å²) in [6.45, 7) is 2.26. The van der Waals surface area contributed by atoms with Gasteiger partial charge in [-0.3, -0.25) is 4.79 Å². The van der Waals surface area contributed by atoms with Crippen molar-refractivity contribution in [3.8, 4) is 17.2 Å². The number of carbonyl (C=O) groups is 1. The molecule has 1 heterocycles. The topological polar surface area (TPSA) is 157 Å². The van der Waals surface area contributed by atoms with Crippen molar-refractivity contribution < 1.29 is 44.9 Å². The van der Waals surface area contributed by atoms with E-state index in [0.717, 1.165) is 0 Å². The quantitative estimate of drug-likeness (QED) is 0.370. The third-order valence-electron chi connectivity index (χ3n) is 5.21. The van der Waals surface area contributed by atoms with Crippen molar-refractivity contribution in [3.63, 3.8) is 0 Å². The van der Waals surface area contributed by atoms with Crippen LogP contribution in [0.15, 0.2) is 30.3 Å². The average Bonchev–Trinajstić information content (AvgIpc) is 2.75. The molecule has 1 saturated heterocycles. The van der Waals surface area contributed by atoms with E-state index in [2.05, 4.69) is 0 Å². The maximum Gasteiger partial charge on any atom is 0.229 e. The first-order valence-corrected chi connectivity index (χ1v) is 9.31. The Balaban J connectivity index is 1.99. The van der Waals surface area contributed by atoms with Crippen molar-refractivity contribution in [3.05, 3.63) is 52.6 Å². The zero-order valence-corrected chi connectivity index (χ0v) is 16.4. The van der Waals surface area contributed by atoms with Crippen LogP contribution in [0.2, 0.25) is 0 Å². The third kappa shape index (κ3) is 3.73. The van der Waals surface area contributed by atoms with Crippen LogP contribution in [0.4, 0.5) is 0 Å². The number of ether oxygens (including phenoxy) is 2. The van der Waals surface area contributed by atoms with Crippen molar-refractivity contribution in [1.29, 1.82) is 0 Å². The number of carbonyl (C=O) groups excluding carboxylic acids is 1. The lowest BCUT2D eigenvalue weighted by atomic mass is 9.95. The number of aliphatic hydroxyl groups excluding tert-OH is 4. The van der Waals surface area contributed by atoms with Gasteiger partial charge in [0.15, 0.2) is 0 Å². The Morgan fingerprint density at radius 3 is 2.07 bits per heavy atom. The molecule has 30 heavy (non-hydrogen) atoms. The molecule has 6 N–H and O–H groups in total. The third-order valence-corrected chi connectivity index (χ3v) is 5.21. The lowest BCUT2D eigenvalue weighted by Gasteiger charge is -2.40. The number of benzene rings is 2. The number of rotatable bonds is 5. The van der Waals surface area contributed by atoms with Gasteiger partial charge in [-0.25, -0.2) is 0 Å². The Kier molecular flexibility index (Phi) is 6.30. The SMILES string of the molecule is Cc1c(O)c(C(=O)c2ccccc2)c(O)c(C)c1OC1OC(CO)C(O)C(O)C1O. The van der Waals surface area contributed by atoms with Gasteiger partial charge in [0.1, 0.15) is 47.2 Å². The van der Waals surface area contributed by atoms with Crippen LogP contribution in [0.5, 0.6) is 17.2 Å². The Bertz CT molecular complexity index is 897. The monoisotopic (exact) mass is 420 g/mol. The molecule has 5 unspecified atom stereocenters. The van der Waals surface area contributed by atoms with Gasteiger partial charge in [-0.2, -0.15) is 0 Å². The molecule has 5 atom stereocenters. The van der Waals surface area contributed by atoms with Crippen molar-refractivity contribution in [2.75, 3.05) is 6.61 Å². The summed E-state index contributed by atoms with van der Waals surface area (Å²) in [5.74, 6) is -1.67. The van der Waals surface area contributed by atoms with E-state index in [-0.39, 0.29) is 28.0 Å². The van der Waals surface area contributed by atoms with Gasteiger partial charge in [-0.1, -0.05) is 30.3 Å². The molecule has 0 amide bonds. The summed E-state index contributed by atoms with van der Waals surface area (Å²) in [5.41, 5.74) is 0.171. The first-order chi connectivity index (χ1) is 14.2. The van der Waals surface area contributed by atoms with Crippen molar-refractivity contribution in [2.45, 2.75) is 44.6 Å². The number of phenolic OH excluding ortho intramolecular Hbond substituents is 2. The number of aliphatic hydroxyl groups is 4. The molecule has 2 aromatic rings. The van der Waals surface area contributed by atoms with Gasteiger partial charge in [0.25, 0.3) is 0 Å². The van der Waals surface area contributed by atoms with Gasteiger partial charge in [0, 0.05) is 16.7 Å². The summed E-state index contributed by atoms with van der Waals surface area (Å²) in [6, 6.07) is 8.12. The second-order valence-electron chi connectivity index (χ2n) is 7.16. The van der Waals surface area contributed by atoms with Crippen LogP contribution in [0.1, 0.15) is 27.0 Å². The molecule has 9 nitrogen and oxygen atoms in total. The van der Waals surface area contributed by atoms with Crippen LogP contribution < -0.4 is 4.74 Å². The second kappa shape index (κ2) is 8.58. The lowest BCUT2D eigenvalue weighted by Crippen LogP contribution is -2.60. The van der Waals surface area contributed by atoms with Gasteiger partial charge >= 0.3 is 0 Å². The Morgan fingerprint density at radius 2 is 1.53 bits per heavy atom. The Morgan fingerprint density at radius 1 is 0.967 bits per heavy atom. The summed E-state index contributed by atoms with van der Waals surface area (Å²) in [5, 5.41) is 60.5. The minimum absolute atomic E-state index is 0.0704. The fraction of sp³-hybridized carbons (Fsp3) is 0.381. The van der Waals surface area contributed by atoms with E-state index in [1.54, 1.807) is 30.3 Å². The largest absolute Gasteiger partial charge is 0.507 e. The van der Waals surface area contributed by atoms with Gasteiger partial charge in [0.05, 0.1) is 6.61 Å². The molecular formula is C21H24O9. The van der Waals surface area contributed by atoms with E-state index in [1.165, 1.54) is 13.8 Å². The minimum Gasteiger partial charge on any atom is -0.507 e. The molecule has 2 aromatic carbocycles. The van der Waals surface area contributed by atoms with E-state index >= 15 is 0 Å². The summed E-state index contributed by atoms with van der Waals surface area (Å²) in [6.07, 6.45) is -7.57. The molecule has 0 bridgehead atoms. The highest BCUT2D eigenvalue weighted by atomic mass is 16.7. The summed E-state index contributed by atoms with van der Waals surface area (Å²) < 4.78 is 10.9. The van der Waals surface area contributed by atoms with Crippen LogP contribution in [0, 0.1) is 13.8 Å². The first-order valence-electron chi connectivity index (χ1n) is 9.31. The van der Waals surface area contributed by atoms with Crippen LogP contribution in [-0.2, 0) is 4.74 Å². The number of hydrogen-bond donors (Lipinski definition) is 6. The standard InChI is InChI=1S/C21H24O9/c1-9-14(23)13(16(25)11-6-4-3-5-7-11)15(24)10(2)20(9)30-21-19(28)18(27)17(26)12(8-22)29-21/h3-7,12,17-19,21-24,26-28H,8H2,1-2H3. The predicted molar refractivity (Wildman–Crippen MR) is 104 cm³/mol. The number of hydrogen-bond acceptors (Lipinski definition) is 9. The van der Waals surface area contributed by atoms with E-state index in [1.807, 2.05) is 0 Å². The van der Waals surface area contributed by atoms with Gasteiger partial charge in [-0.05, 0) is 13.8 Å². The highest BCUT2D eigenvalue weighted by Gasteiger charge is 2.45. The zero-order valence-electron chi connectivity index (χ0n) is 16.4.